The molecule has 0 saturated carbocycles. The first-order valence-electron chi connectivity index (χ1n) is 3.28. The second kappa shape index (κ2) is 3.98. The Balaban J connectivity index is 3.40. The lowest BCUT2D eigenvalue weighted by molar-refractivity contribution is -0.387. The first-order valence-corrected chi connectivity index (χ1v) is 4.36. The van der Waals surface area contributed by atoms with Gasteiger partial charge in [0.2, 0.25) is 0 Å². The van der Waals surface area contributed by atoms with Crippen LogP contribution in [0, 0.1) is 13.7 Å². The first kappa shape index (κ1) is 11.0. The van der Waals surface area contributed by atoms with Crippen molar-refractivity contribution >= 4 is 28.3 Å². The largest absolute Gasteiger partial charge is 0.347 e. The summed E-state index contributed by atoms with van der Waals surface area (Å²) in [5.41, 5.74) is -2.45. The second-order valence-corrected chi connectivity index (χ2v) is 3.47. The summed E-state index contributed by atoms with van der Waals surface area (Å²) < 4.78 is 24.1. The van der Waals surface area contributed by atoms with Crippen LogP contribution in [0.5, 0.6) is 0 Å². The maximum atomic E-state index is 12.1. The summed E-state index contributed by atoms with van der Waals surface area (Å²) in [6, 6.07) is 0.880. The molecule has 8 heteroatoms. The predicted molar refractivity (Wildman–Crippen MR) is 51.4 cm³/mol. The summed E-state index contributed by atoms with van der Waals surface area (Å²) in [6.45, 7) is 0. The average Bonchev–Trinajstić information content (AvgIpc) is 2.01. The molecule has 0 fully saturated rings. The quantitative estimate of drug-likeness (QED) is 0.514. The molecule has 0 spiro atoms. The Labute approximate surface area is 89.4 Å². The zero-order chi connectivity index (χ0) is 10.9. The number of hydrogen-bond acceptors (Lipinski definition) is 3. The molecule has 1 rings (SSSR count). The molecule has 1 N–H and O–H groups in total. The van der Waals surface area contributed by atoms with Gasteiger partial charge in [-0.05, 0) is 28.7 Å². The third kappa shape index (κ3) is 2.05. The fraction of sp³-hybridized carbons (Fsp3) is 0.167. The normalized spacial score (nSPS) is 10.6. The molecule has 5 nitrogen and oxygen atoms in total. The van der Waals surface area contributed by atoms with Crippen LogP contribution in [0.3, 0.4) is 0 Å². The Morgan fingerprint density at radius 2 is 2.14 bits per heavy atom. The number of nitro groups is 1. The van der Waals surface area contributed by atoms with Crippen molar-refractivity contribution in [2.45, 2.75) is 6.43 Å². The maximum absolute atomic E-state index is 12.1. The highest BCUT2D eigenvalue weighted by Crippen LogP contribution is 2.21. The number of nitrogens with one attached hydrogen (secondary N) is 1. The van der Waals surface area contributed by atoms with E-state index in [0.29, 0.717) is 0 Å². The molecule has 76 valence electrons. The van der Waals surface area contributed by atoms with Crippen LogP contribution in [-0.2, 0) is 0 Å². The van der Waals surface area contributed by atoms with E-state index in [1.807, 2.05) is 0 Å². The average molecular weight is 316 g/mol. The molecule has 0 aliphatic heterocycles. The van der Waals surface area contributed by atoms with Gasteiger partial charge in [0.25, 0.3) is 6.43 Å². The minimum absolute atomic E-state index is 0.105. The predicted octanol–water partition coefficient (Wildman–Crippen LogP) is 1.83. The highest BCUT2D eigenvalue weighted by molar-refractivity contribution is 14.1. The van der Waals surface area contributed by atoms with Crippen LogP contribution in [-0.4, -0.2) is 9.91 Å². The molecule has 14 heavy (non-hydrogen) atoms. The van der Waals surface area contributed by atoms with Gasteiger partial charge in [0.15, 0.2) is 0 Å². The van der Waals surface area contributed by atoms with Crippen LogP contribution >= 0.6 is 22.6 Å². The van der Waals surface area contributed by atoms with Crippen LogP contribution in [0.1, 0.15) is 12.1 Å². The van der Waals surface area contributed by atoms with Crippen LogP contribution < -0.4 is 5.56 Å². The van der Waals surface area contributed by atoms with E-state index in [9.17, 15) is 23.7 Å². The Kier molecular flexibility index (Phi) is 3.13. The Hall–Kier alpha value is -1.06. The number of nitrogens with zero attached hydrogens (tertiary/aromatic N) is 1. The van der Waals surface area contributed by atoms with Gasteiger partial charge in [-0.2, -0.15) is 0 Å². The van der Waals surface area contributed by atoms with Gasteiger partial charge in [-0.25, -0.2) is 8.78 Å². The number of alkyl halides is 2. The molecular formula is C6H3F2IN2O3. The summed E-state index contributed by atoms with van der Waals surface area (Å²) in [5, 5.41) is 10.3. The van der Waals surface area contributed by atoms with Gasteiger partial charge in [0.1, 0.15) is 0 Å². The van der Waals surface area contributed by atoms with Gasteiger partial charge in [-0.1, -0.05) is 0 Å². The Morgan fingerprint density at radius 3 is 2.50 bits per heavy atom. The molecule has 0 amide bonds. The molecular weight excluding hydrogens is 313 g/mol. The van der Waals surface area contributed by atoms with E-state index in [0.717, 1.165) is 6.07 Å². The molecule has 0 aliphatic carbocycles. The first-order chi connectivity index (χ1) is 6.43. The van der Waals surface area contributed by atoms with Crippen LogP contribution in [0.4, 0.5) is 14.5 Å². The number of aromatic amines is 1. The van der Waals surface area contributed by atoms with Gasteiger partial charge in [0, 0.05) is 0 Å². The van der Waals surface area contributed by atoms with E-state index < -0.39 is 28.3 Å². The summed E-state index contributed by atoms with van der Waals surface area (Å²) in [6.07, 6.45) is -2.85. The standard InChI is InChI=1S/C6H3F2IN2O3/c7-5(8)3-1-2(9)4(11(13)14)6(12)10-3/h1,5H,(H,10,12). The smallest absolute Gasteiger partial charge is 0.315 e. The van der Waals surface area contributed by atoms with Gasteiger partial charge < -0.3 is 4.98 Å². The van der Waals surface area contributed by atoms with E-state index >= 15 is 0 Å². The van der Waals surface area contributed by atoms with Gasteiger partial charge in [0.05, 0.1) is 14.2 Å². The third-order valence-corrected chi connectivity index (χ3v) is 2.22. The number of hydrogen-bond donors (Lipinski definition) is 1. The van der Waals surface area contributed by atoms with E-state index in [1.54, 1.807) is 4.98 Å². The highest BCUT2D eigenvalue weighted by Gasteiger charge is 2.21. The molecule has 0 radical (unpaired) electrons. The van der Waals surface area contributed by atoms with Crippen molar-refractivity contribution in [3.05, 3.63) is 35.8 Å². The van der Waals surface area contributed by atoms with Crippen molar-refractivity contribution in [1.29, 1.82) is 0 Å². The van der Waals surface area contributed by atoms with Crippen molar-refractivity contribution in [1.82, 2.24) is 4.98 Å². The SMILES string of the molecule is O=c1[nH]c(C(F)F)cc(I)c1[N+](=O)[O-]. The number of halogens is 3. The van der Waals surface area contributed by atoms with Crippen molar-refractivity contribution in [2.24, 2.45) is 0 Å². The molecule has 0 atom stereocenters. The van der Waals surface area contributed by atoms with Crippen molar-refractivity contribution in [3.63, 3.8) is 0 Å². The molecule has 0 aromatic carbocycles. The molecule has 0 unspecified atom stereocenters. The van der Waals surface area contributed by atoms with Gasteiger partial charge in [-0.15, -0.1) is 0 Å². The maximum Gasteiger partial charge on any atom is 0.347 e. The summed E-state index contributed by atoms with van der Waals surface area (Å²) in [4.78, 5) is 22.1. The van der Waals surface area contributed by atoms with E-state index in [1.165, 1.54) is 22.6 Å². The van der Waals surface area contributed by atoms with E-state index in [2.05, 4.69) is 0 Å². The Morgan fingerprint density at radius 1 is 1.57 bits per heavy atom. The van der Waals surface area contributed by atoms with Crippen LogP contribution in [0.25, 0.3) is 0 Å². The summed E-state index contributed by atoms with van der Waals surface area (Å²) >= 11 is 1.47. The molecule has 0 bridgehead atoms. The van der Waals surface area contributed by atoms with Gasteiger partial charge >= 0.3 is 11.2 Å². The molecule has 1 heterocycles. The highest BCUT2D eigenvalue weighted by atomic mass is 127. The minimum Gasteiger partial charge on any atom is -0.315 e. The zero-order valence-corrected chi connectivity index (χ0v) is 8.62. The van der Waals surface area contributed by atoms with E-state index in [-0.39, 0.29) is 3.57 Å². The van der Waals surface area contributed by atoms with Gasteiger partial charge in [-0.3, -0.25) is 14.9 Å². The molecule has 1 aromatic rings. The van der Waals surface area contributed by atoms with Crippen molar-refractivity contribution < 1.29 is 13.7 Å². The van der Waals surface area contributed by atoms with Crippen LogP contribution in [0.2, 0.25) is 0 Å². The van der Waals surface area contributed by atoms with Crippen LogP contribution in [0.15, 0.2) is 10.9 Å². The lowest BCUT2D eigenvalue weighted by Crippen LogP contribution is -2.15. The zero-order valence-electron chi connectivity index (χ0n) is 6.46. The summed E-state index contributed by atoms with van der Waals surface area (Å²) in [5.74, 6) is 0. The third-order valence-electron chi connectivity index (χ3n) is 1.40. The lowest BCUT2D eigenvalue weighted by Gasteiger charge is -2.00. The molecule has 1 aromatic heterocycles. The second-order valence-electron chi connectivity index (χ2n) is 2.31. The fourth-order valence-corrected chi connectivity index (χ4v) is 1.60. The minimum atomic E-state index is -2.85. The number of H-pyrrole nitrogens is 1. The van der Waals surface area contributed by atoms with Crippen molar-refractivity contribution in [3.8, 4) is 0 Å². The Bertz CT molecular complexity index is 432. The molecule has 0 saturated heterocycles. The van der Waals surface area contributed by atoms with E-state index in [4.69, 9.17) is 0 Å². The number of pyridine rings is 1. The van der Waals surface area contributed by atoms with Crippen molar-refractivity contribution in [2.75, 3.05) is 0 Å². The monoisotopic (exact) mass is 316 g/mol. The number of aromatic nitrogens is 1. The molecule has 0 aliphatic rings. The lowest BCUT2D eigenvalue weighted by atomic mass is 10.3. The fourth-order valence-electron chi connectivity index (χ4n) is 0.827. The topological polar surface area (TPSA) is 76.0 Å². The summed E-state index contributed by atoms with van der Waals surface area (Å²) in [7, 11) is 0. The number of rotatable bonds is 2.